The Morgan fingerprint density at radius 3 is 2.86 bits per heavy atom. The van der Waals surface area contributed by atoms with Gasteiger partial charge in [-0.3, -0.25) is 4.90 Å². The van der Waals surface area contributed by atoms with E-state index in [9.17, 15) is 8.78 Å². The van der Waals surface area contributed by atoms with Crippen molar-refractivity contribution < 1.29 is 18.3 Å². The molecule has 0 saturated carbocycles. The van der Waals surface area contributed by atoms with E-state index in [0.717, 1.165) is 37.0 Å². The van der Waals surface area contributed by atoms with Gasteiger partial charge < -0.3 is 14.8 Å². The maximum Gasteiger partial charge on any atom is 0.168 e. The highest BCUT2D eigenvalue weighted by molar-refractivity contribution is 5.39. The van der Waals surface area contributed by atoms with Crippen LogP contribution in [0, 0.1) is 11.6 Å². The van der Waals surface area contributed by atoms with Crippen LogP contribution in [0.1, 0.15) is 31.0 Å². The van der Waals surface area contributed by atoms with Crippen molar-refractivity contribution in [3.05, 3.63) is 59.2 Å². The summed E-state index contributed by atoms with van der Waals surface area (Å²) in [6.07, 6.45) is 0.690. The molecule has 0 spiro atoms. The van der Waals surface area contributed by atoms with Gasteiger partial charge in [-0.25, -0.2) is 8.78 Å². The van der Waals surface area contributed by atoms with Gasteiger partial charge in [0.1, 0.15) is 18.2 Å². The van der Waals surface area contributed by atoms with Gasteiger partial charge >= 0.3 is 0 Å². The Bertz CT molecular complexity index is 843. The Labute approximate surface area is 164 Å². The SMILES string of the molecule is CC(C)Oc1ccccc1[C@@H]1CN([C@@H]2COc3c(F)cc(F)cc3C2)CCN1. The Morgan fingerprint density at radius 2 is 2.04 bits per heavy atom. The van der Waals surface area contributed by atoms with Gasteiger partial charge in [-0.2, -0.15) is 0 Å². The van der Waals surface area contributed by atoms with E-state index in [2.05, 4.69) is 16.3 Å². The number of hydrogen-bond donors (Lipinski definition) is 1. The van der Waals surface area contributed by atoms with Crippen LogP contribution in [0.15, 0.2) is 36.4 Å². The third-order valence-electron chi connectivity index (χ3n) is 5.34. The summed E-state index contributed by atoms with van der Waals surface area (Å²) in [5.74, 6) is -0.0870. The van der Waals surface area contributed by atoms with Crippen molar-refractivity contribution in [1.82, 2.24) is 10.2 Å². The van der Waals surface area contributed by atoms with Gasteiger partial charge in [0.15, 0.2) is 11.6 Å². The average Bonchev–Trinajstić information content (AvgIpc) is 2.67. The Kier molecular flexibility index (Phi) is 5.51. The first-order valence-corrected chi connectivity index (χ1v) is 9.85. The monoisotopic (exact) mass is 388 g/mol. The number of para-hydroxylation sites is 1. The summed E-state index contributed by atoms with van der Waals surface area (Å²) >= 11 is 0. The number of halogens is 2. The highest BCUT2D eigenvalue weighted by Gasteiger charge is 2.32. The molecule has 2 aromatic rings. The lowest BCUT2D eigenvalue weighted by Crippen LogP contribution is -2.53. The van der Waals surface area contributed by atoms with Crippen LogP contribution < -0.4 is 14.8 Å². The van der Waals surface area contributed by atoms with E-state index in [0.29, 0.717) is 18.6 Å². The van der Waals surface area contributed by atoms with Crippen molar-refractivity contribution in [2.75, 3.05) is 26.2 Å². The minimum atomic E-state index is -0.619. The molecule has 6 heteroatoms. The molecule has 0 bridgehead atoms. The van der Waals surface area contributed by atoms with Gasteiger partial charge in [0, 0.05) is 48.9 Å². The maximum atomic E-state index is 13.9. The van der Waals surface area contributed by atoms with Crippen LogP contribution in [0.4, 0.5) is 8.78 Å². The normalized spacial score (nSPS) is 22.6. The molecule has 2 aliphatic heterocycles. The fraction of sp³-hybridized carbons (Fsp3) is 0.455. The second kappa shape index (κ2) is 8.05. The summed E-state index contributed by atoms with van der Waals surface area (Å²) in [4.78, 5) is 2.35. The maximum absolute atomic E-state index is 13.9. The first kappa shape index (κ1) is 19.2. The molecule has 0 unspecified atom stereocenters. The van der Waals surface area contributed by atoms with Crippen molar-refractivity contribution in [3.63, 3.8) is 0 Å². The van der Waals surface area contributed by atoms with Crippen molar-refractivity contribution in [3.8, 4) is 11.5 Å². The lowest BCUT2D eigenvalue weighted by atomic mass is 9.97. The summed E-state index contributed by atoms with van der Waals surface area (Å²) < 4.78 is 39.2. The quantitative estimate of drug-likeness (QED) is 0.866. The summed E-state index contributed by atoms with van der Waals surface area (Å²) in [7, 11) is 0. The summed E-state index contributed by atoms with van der Waals surface area (Å²) in [5.41, 5.74) is 1.74. The zero-order valence-corrected chi connectivity index (χ0v) is 16.3. The van der Waals surface area contributed by atoms with Crippen LogP contribution >= 0.6 is 0 Å². The second-order valence-electron chi connectivity index (χ2n) is 7.75. The summed E-state index contributed by atoms with van der Waals surface area (Å²) in [5, 5.41) is 3.57. The van der Waals surface area contributed by atoms with Crippen molar-refractivity contribution in [2.45, 2.75) is 38.5 Å². The molecule has 2 aromatic carbocycles. The van der Waals surface area contributed by atoms with Crippen LogP contribution in [0.5, 0.6) is 11.5 Å². The molecule has 0 aliphatic carbocycles. The second-order valence-corrected chi connectivity index (χ2v) is 7.75. The first-order valence-electron chi connectivity index (χ1n) is 9.85. The number of fused-ring (bicyclic) bond motifs is 1. The molecule has 1 fully saturated rings. The molecule has 0 aromatic heterocycles. The molecule has 1 N–H and O–H groups in total. The van der Waals surface area contributed by atoms with Crippen LogP contribution in [0.3, 0.4) is 0 Å². The lowest BCUT2D eigenvalue weighted by molar-refractivity contribution is 0.0870. The number of piperazine rings is 1. The molecule has 28 heavy (non-hydrogen) atoms. The van der Waals surface area contributed by atoms with Crippen LogP contribution in [-0.4, -0.2) is 43.3 Å². The number of benzene rings is 2. The zero-order valence-electron chi connectivity index (χ0n) is 16.3. The van der Waals surface area contributed by atoms with Gasteiger partial charge in [-0.1, -0.05) is 18.2 Å². The van der Waals surface area contributed by atoms with Crippen molar-refractivity contribution >= 4 is 0 Å². The highest BCUT2D eigenvalue weighted by atomic mass is 19.1. The Morgan fingerprint density at radius 1 is 1.21 bits per heavy atom. The largest absolute Gasteiger partial charge is 0.491 e. The van der Waals surface area contributed by atoms with Gasteiger partial charge in [-0.15, -0.1) is 0 Å². The van der Waals surface area contributed by atoms with E-state index in [-0.39, 0.29) is 23.9 Å². The molecular weight excluding hydrogens is 362 g/mol. The molecular formula is C22H26F2N2O2. The number of hydrogen-bond acceptors (Lipinski definition) is 4. The standard InChI is InChI=1S/C22H26F2N2O2/c1-14(2)28-21-6-4-3-5-18(21)20-12-26(8-7-25-20)17-10-15-9-16(23)11-19(24)22(15)27-13-17/h3-6,9,11,14,17,20,25H,7-8,10,12-13H2,1-2H3/t17-,20-/m0/s1. The number of nitrogens with one attached hydrogen (secondary N) is 1. The molecule has 2 heterocycles. The van der Waals surface area contributed by atoms with Crippen LogP contribution in [0.2, 0.25) is 0 Å². The van der Waals surface area contributed by atoms with Crippen LogP contribution in [-0.2, 0) is 6.42 Å². The molecule has 0 radical (unpaired) electrons. The van der Waals surface area contributed by atoms with E-state index < -0.39 is 11.6 Å². The minimum Gasteiger partial charge on any atom is -0.491 e. The molecule has 4 rings (SSSR count). The summed E-state index contributed by atoms with van der Waals surface area (Å²) in [6.45, 7) is 6.94. The van der Waals surface area contributed by atoms with Crippen LogP contribution in [0.25, 0.3) is 0 Å². The van der Waals surface area contributed by atoms with Gasteiger partial charge in [0.05, 0.1) is 6.10 Å². The Balaban J connectivity index is 1.51. The number of rotatable bonds is 4. The predicted octanol–water partition coefficient (Wildman–Crippen LogP) is 3.70. The third kappa shape index (κ3) is 3.98. The molecule has 0 amide bonds. The summed E-state index contributed by atoms with van der Waals surface area (Å²) in [6, 6.07) is 10.6. The van der Waals surface area contributed by atoms with Crippen molar-refractivity contribution in [1.29, 1.82) is 0 Å². The van der Waals surface area contributed by atoms with E-state index in [1.807, 2.05) is 32.0 Å². The topological polar surface area (TPSA) is 33.7 Å². The fourth-order valence-electron chi connectivity index (χ4n) is 4.10. The lowest BCUT2D eigenvalue weighted by Gasteiger charge is -2.41. The third-order valence-corrected chi connectivity index (χ3v) is 5.34. The average molecular weight is 388 g/mol. The fourth-order valence-corrected chi connectivity index (χ4v) is 4.10. The molecule has 2 aliphatic rings. The first-order chi connectivity index (χ1) is 13.5. The Hall–Kier alpha value is -2.18. The van der Waals surface area contributed by atoms with Crippen molar-refractivity contribution in [2.24, 2.45) is 0 Å². The molecule has 2 atom stereocenters. The highest BCUT2D eigenvalue weighted by Crippen LogP contribution is 2.33. The minimum absolute atomic E-state index is 0.0940. The number of nitrogens with zero attached hydrogens (tertiary/aromatic N) is 1. The zero-order chi connectivity index (χ0) is 19.7. The van der Waals surface area contributed by atoms with E-state index >= 15 is 0 Å². The van der Waals surface area contributed by atoms with Gasteiger partial charge in [-0.05, 0) is 32.4 Å². The molecule has 1 saturated heterocycles. The smallest absolute Gasteiger partial charge is 0.168 e. The van der Waals surface area contributed by atoms with E-state index in [1.54, 1.807) is 0 Å². The van der Waals surface area contributed by atoms with E-state index in [1.165, 1.54) is 6.07 Å². The predicted molar refractivity (Wildman–Crippen MR) is 104 cm³/mol. The number of ether oxygens (including phenoxy) is 2. The molecule has 4 nitrogen and oxygen atoms in total. The molecule has 150 valence electrons. The van der Waals surface area contributed by atoms with Gasteiger partial charge in [0.2, 0.25) is 0 Å². The van der Waals surface area contributed by atoms with E-state index in [4.69, 9.17) is 9.47 Å². The van der Waals surface area contributed by atoms with Gasteiger partial charge in [0.25, 0.3) is 0 Å².